The zero-order valence-corrected chi connectivity index (χ0v) is 25.0. The molecule has 1 amide bonds. The summed E-state index contributed by atoms with van der Waals surface area (Å²) in [6, 6.07) is 9.03. The Morgan fingerprint density at radius 3 is 2.37 bits per heavy atom. The molecule has 2 heterocycles. The third kappa shape index (κ3) is 6.65. The van der Waals surface area contributed by atoms with Gasteiger partial charge in [0.25, 0.3) is 5.91 Å². The first-order valence-electron chi connectivity index (χ1n) is 15.3. The Labute approximate surface area is 240 Å². The van der Waals surface area contributed by atoms with Gasteiger partial charge < -0.3 is 15.0 Å². The van der Waals surface area contributed by atoms with Crippen LogP contribution in [0, 0.1) is 17.3 Å². The predicted octanol–water partition coefficient (Wildman–Crippen LogP) is 7.33. The number of carbonyl (C=O) groups excluding carboxylic acids is 1. The van der Waals surface area contributed by atoms with Gasteiger partial charge in [0.15, 0.2) is 0 Å². The van der Waals surface area contributed by atoms with Crippen LogP contribution in [0.3, 0.4) is 0 Å². The van der Waals surface area contributed by atoms with E-state index in [0.29, 0.717) is 35.3 Å². The largest absolute Gasteiger partial charge is 0.368 e. The Balaban J connectivity index is 1.29. The summed E-state index contributed by atoms with van der Waals surface area (Å²) in [6.07, 6.45) is 13.2. The molecule has 4 aliphatic rings. The van der Waals surface area contributed by atoms with Crippen LogP contribution in [-0.4, -0.2) is 53.6 Å². The number of hydrogen-bond donors (Lipinski definition) is 1. The van der Waals surface area contributed by atoms with Gasteiger partial charge >= 0.3 is 0 Å². The van der Waals surface area contributed by atoms with Crippen molar-refractivity contribution in [2.45, 2.75) is 115 Å². The summed E-state index contributed by atoms with van der Waals surface area (Å²) in [5.41, 5.74) is 1.73. The molecule has 5 atom stereocenters. The lowest BCUT2D eigenvalue weighted by Gasteiger charge is -2.45. The topological polar surface area (TPSA) is 41.6 Å². The lowest BCUT2D eigenvalue weighted by molar-refractivity contribution is -0.148. The quantitative estimate of drug-likeness (QED) is 0.371. The second-order valence-corrected chi connectivity index (χ2v) is 14.1. The molecule has 5 rings (SSSR count). The minimum absolute atomic E-state index is 0.225. The van der Waals surface area contributed by atoms with E-state index in [4.69, 9.17) is 28.6 Å². The number of hydrogen-bond acceptors (Lipinski definition) is 4. The fourth-order valence-corrected chi connectivity index (χ4v) is 8.22. The number of rotatable bonds is 6. The van der Waals surface area contributed by atoms with Gasteiger partial charge in [-0.05, 0) is 93.2 Å². The van der Waals surface area contributed by atoms with Gasteiger partial charge in [0.05, 0.1) is 0 Å². The van der Waals surface area contributed by atoms with Gasteiger partial charge in [0.1, 0.15) is 6.10 Å². The normalized spacial score (nSPS) is 32.4. The fraction of sp³-hybridized carbons (Fsp3) is 0.750. The molecule has 0 bridgehead atoms. The highest BCUT2D eigenvalue weighted by Crippen LogP contribution is 2.40. The second-order valence-electron chi connectivity index (χ2n) is 13.2. The van der Waals surface area contributed by atoms with Gasteiger partial charge in [-0.15, -0.1) is 0 Å². The average Bonchev–Trinajstić information content (AvgIpc) is 3.59. The minimum atomic E-state index is -0.225. The second kappa shape index (κ2) is 12.7. The van der Waals surface area contributed by atoms with Crippen molar-refractivity contribution in [1.29, 1.82) is 0 Å². The summed E-state index contributed by atoms with van der Waals surface area (Å²) in [6.45, 7) is 7.43. The molecule has 2 saturated heterocycles. The van der Waals surface area contributed by atoms with Crippen LogP contribution in [-0.2, 0) is 9.53 Å². The minimum Gasteiger partial charge on any atom is -0.368 e. The molecule has 2 aliphatic heterocycles. The Bertz CT molecular complexity index is 951. The van der Waals surface area contributed by atoms with Gasteiger partial charge in [-0.25, -0.2) is 0 Å². The molecule has 0 aromatic heterocycles. The molecule has 38 heavy (non-hydrogen) atoms. The highest BCUT2D eigenvalue weighted by atomic mass is 35.5. The smallest absolute Gasteiger partial charge is 0.252 e. The molecule has 1 aromatic rings. The third-order valence-corrected chi connectivity index (χ3v) is 10.9. The Morgan fingerprint density at radius 1 is 0.947 bits per heavy atom. The fourth-order valence-electron chi connectivity index (χ4n) is 7.62. The molecule has 1 aromatic carbocycles. The number of halogens is 1. The van der Waals surface area contributed by atoms with Crippen LogP contribution in [0.15, 0.2) is 24.3 Å². The van der Waals surface area contributed by atoms with E-state index >= 15 is 0 Å². The van der Waals surface area contributed by atoms with E-state index in [1.165, 1.54) is 42.5 Å². The monoisotopic (exact) mass is 558 g/mol. The van der Waals surface area contributed by atoms with Gasteiger partial charge in [-0.3, -0.25) is 4.79 Å². The lowest BCUT2D eigenvalue weighted by atomic mass is 9.74. The predicted molar refractivity (Wildman–Crippen MR) is 160 cm³/mol. The van der Waals surface area contributed by atoms with Crippen LogP contribution >= 0.6 is 23.8 Å². The summed E-state index contributed by atoms with van der Waals surface area (Å²) in [7, 11) is 0. The van der Waals surface area contributed by atoms with Crippen LogP contribution in [0.5, 0.6) is 0 Å². The number of carbonyl (C=O) groups is 1. The lowest BCUT2D eigenvalue weighted by Crippen LogP contribution is -2.53. The first kappa shape index (κ1) is 28.5. The summed E-state index contributed by atoms with van der Waals surface area (Å²) >= 11 is 12.4. The standard InChI is InChI=1S/C32H47ClN2O2S/c1-32(2)17-15-26(16-18-32)35(31(36)29-8-5-19-37-29)25-7-4-3-6-23(11-14-25)30(38)28-21-34-20-27(28)22-9-12-24(33)13-10-22/h9-10,12-13,23,25-29,34H,3-8,11,14-21H2,1-2H3/t23?,25-,27-,28+,29-/m0/s1. The number of amides is 1. The number of benzene rings is 1. The van der Waals surface area contributed by atoms with Crippen molar-refractivity contribution in [2.24, 2.45) is 17.3 Å². The molecule has 4 nitrogen and oxygen atoms in total. The maximum atomic E-state index is 13.9. The van der Waals surface area contributed by atoms with Crippen LogP contribution in [0.2, 0.25) is 5.02 Å². The van der Waals surface area contributed by atoms with E-state index in [-0.39, 0.29) is 12.0 Å². The van der Waals surface area contributed by atoms with Crippen molar-refractivity contribution in [3.63, 3.8) is 0 Å². The average molecular weight is 559 g/mol. The Hall–Kier alpha value is -1.01. The van der Waals surface area contributed by atoms with E-state index in [1.54, 1.807) is 0 Å². The summed E-state index contributed by atoms with van der Waals surface area (Å²) < 4.78 is 5.94. The highest BCUT2D eigenvalue weighted by Gasteiger charge is 2.41. The molecule has 6 heteroatoms. The molecule has 4 fully saturated rings. The van der Waals surface area contributed by atoms with Crippen molar-refractivity contribution >= 4 is 34.6 Å². The van der Waals surface area contributed by atoms with E-state index in [1.807, 2.05) is 12.1 Å². The van der Waals surface area contributed by atoms with Crippen molar-refractivity contribution < 1.29 is 9.53 Å². The number of nitrogens with one attached hydrogen (secondary N) is 1. The van der Waals surface area contributed by atoms with E-state index in [0.717, 1.165) is 69.7 Å². The first-order valence-corrected chi connectivity index (χ1v) is 16.0. The van der Waals surface area contributed by atoms with Gasteiger partial charge in [0.2, 0.25) is 0 Å². The van der Waals surface area contributed by atoms with Crippen LogP contribution < -0.4 is 5.32 Å². The molecular weight excluding hydrogens is 512 g/mol. The molecule has 1 N–H and O–H groups in total. The molecular formula is C32H47ClN2O2S. The summed E-state index contributed by atoms with van der Waals surface area (Å²) in [4.78, 5) is 17.5. The van der Waals surface area contributed by atoms with Crippen molar-refractivity contribution in [2.75, 3.05) is 19.7 Å². The van der Waals surface area contributed by atoms with Crippen LogP contribution in [0.4, 0.5) is 0 Å². The molecule has 2 saturated carbocycles. The summed E-state index contributed by atoms with van der Waals surface area (Å²) in [5.74, 6) is 1.54. The van der Waals surface area contributed by atoms with Crippen LogP contribution in [0.1, 0.15) is 102 Å². The zero-order chi connectivity index (χ0) is 26.7. The van der Waals surface area contributed by atoms with Gasteiger partial charge in [-0.2, -0.15) is 0 Å². The molecule has 1 unspecified atom stereocenters. The maximum Gasteiger partial charge on any atom is 0.252 e. The highest BCUT2D eigenvalue weighted by molar-refractivity contribution is 7.80. The van der Waals surface area contributed by atoms with E-state index in [9.17, 15) is 4.79 Å². The Kier molecular flexibility index (Phi) is 9.50. The van der Waals surface area contributed by atoms with Gasteiger partial charge in [0, 0.05) is 53.5 Å². The molecule has 2 aliphatic carbocycles. The zero-order valence-electron chi connectivity index (χ0n) is 23.4. The molecule has 210 valence electrons. The van der Waals surface area contributed by atoms with Crippen molar-refractivity contribution in [3.05, 3.63) is 34.9 Å². The number of thiocarbonyl (C=S) groups is 1. The van der Waals surface area contributed by atoms with Gasteiger partial charge in [-0.1, -0.05) is 62.6 Å². The van der Waals surface area contributed by atoms with Crippen molar-refractivity contribution in [1.82, 2.24) is 10.2 Å². The maximum absolute atomic E-state index is 13.9. The number of nitrogens with zero attached hydrogens (tertiary/aromatic N) is 1. The molecule has 0 spiro atoms. The first-order chi connectivity index (χ1) is 18.3. The Morgan fingerprint density at radius 2 is 1.66 bits per heavy atom. The number of ether oxygens (including phenoxy) is 1. The van der Waals surface area contributed by atoms with E-state index < -0.39 is 0 Å². The third-order valence-electron chi connectivity index (χ3n) is 10.0. The van der Waals surface area contributed by atoms with Crippen molar-refractivity contribution in [3.8, 4) is 0 Å². The van der Waals surface area contributed by atoms with E-state index in [2.05, 4.69) is 36.2 Å². The van der Waals surface area contributed by atoms with Crippen LogP contribution in [0.25, 0.3) is 0 Å². The molecule has 0 radical (unpaired) electrons. The summed E-state index contributed by atoms with van der Waals surface area (Å²) in [5, 5.41) is 4.40. The SMILES string of the molecule is CC1(C)CCC(N(C(=O)[C@@H]2CCCO2)[C@H]2CCCCC(C(=S)[C@@H]3CNC[C@H]3c3ccc(Cl)cc3)CC2)CC1.